The topological polar surface area (TPSA) is 64.4 Å². The van der Waals surface area contributed by atoms with Gasteiger partial charge in [0.25, 0.3) is 5.56 Å². The average molecular weight is 340 g/mol. The average Bonchev–Trinajstić information content (AvgIpc) is 2.57. The van der Waals surface area contributed by atoms with E-state index >= 15 is 0 Å². The number of nitrogens with zero attached hydrogens (tertiary/aromatic N) is 2. The summed E-state index contributed by atoms with van der Waals surface area (Å²) in [5, 5.41) is 12.5. The van der Waals surface area contributed by atoms with Gasteiger partial charge in [-0.25, -0.2) is 0 Å². The molecule has 0 aliphatic heterocycles. The molecular formula is C20H24N2O3. The summed E-state index contributed by atoms with van der Waals surface area (Å²) in [7, 11) is 1.76. The Labute approximate surface area is 146 Å². The molecule has 0 bridgehead atoms. The molecule has 0 spiro atoms. The Bertz CT molecular complexity index is 976. The minimum absolute atomic E-state index is 0.0647. The zero-order valence-electron chi connectivity index (χ0n) is 15.1. The third-order valence-electron chi connectivity index (χ3n) is 4.47. The molecule has 0 saturated heterocycles. The summed E-state index contributed by atoms with van der Waals surface area (Å²) in [5.74, 6) is 1.06. The molecule has 5 heteroatoms. The van der Waals surface area contributed by atoms with Crippen LogP contribution in [0.1, 0.15) is 26.0 Å². The quantitative estimate of drug-likeness (QED) is 0.725. The summed E-state index contributed by atoms with van der Waals surface area (Å²) in [6, 6.07) is 7.57. The first-order chi connectivity index (χ1) is 11.9. The molecule has 1 unspecified atom stereocenters. The van der Waals surface area contributed by atoms with E-state index in [2.05, 4.69) is 18.8 Å². The van der Waals surface area contributed by atoms with E-state index in [4.69, 9.17) is 4.74 Å². The Kier molecular flexibility index (Phi) is 4.77. The van der Waals surface area contributed by atoms with E-state index in [1.54, 1.807) is 17.8 Å². The molecule has 3 rings (SSSR count). The summed E-state index contributed by atoms with van der Waals surface area (Å²) in [6.45, 7) is 6.23. The van der Waals surface area contributed by atoms with Gasteiger partial charge in [-0.05, 0) is 42.8 Å². The van der Waals surface area contributed by atoms with Crippen LogP contribution in [-0.4, -0.2) is 27.4 Å². The molecule has 0 saturated carbocycles. The van der Waals surface area contributed by atoms with Crippen molar-refractivity contribution in [2.45, 2.75) is 33.3 Å². The maximum absolute atomic E-state index is 12.7. The fourth-order valence-electron chi connectivity index (χ4n) is 3.25. The van der Waals surface area contributed by atoms with Crippen LogP contribution < -0.4 is 10.3 Å². The van der Waals surface area contributed by atoms with Crippen molar-refractivity contribution in [1.29, 1.82) is 0 Å². The number of aliphatic hydroxyl groups excluding tert-OH is 1. The lowest BCUT2D eigenvalue weighted by atomic mass is 10.1. The highest BCUT2D eigenvalue weighted by Crippen LogP contribution is 2.27. The molecule has 0 radical (unpaired) electrons. The highest BCUT2D eigenvalue weighted by molar-refractivity contribution is 6.06. The molecule has 0 amide bonds. The van der Waals surface area contributed by atoms with Gasteiger partial charge in [-0.1, -0.05) is 13.8 Å². The third-order valence-corrected chi connectivity index (χ3v) is 4.47. The van der Waals surface area contributed by atoms with Gasteiger partial charge in [-0.2, -0.15) is 0 Å². The van der Waals surface area contributed by atoms with Crippen molar-refractivity contribution in [2.75, 3.05) is 6.61 Å². The molecule has 0 aliphatic rings. The van der Waals surface area contributed by atoms with Crippen molar-refractivity contribution >= 4 is 21.7 Å². The maximum atomic E-state index is 12.7. The molecular weight excluding hydrogens is 316 g/mol. The molecule has 1 aromatic carbocycles. The molecule has 5 nitrogen and oxygen atoms in total. The molecule has 2 aromatic heterocycles. The van der Waals surface area contributed by atoms with Crippen molar-refractivity contribution in [3.8, 4) is 5.75 Å². The summed E-state index contributed by atoms with van der Waals surface area (Å²) in [4.78, 5) is 16.9. The van der Waals surface area contributed by atoms with Gasteiger partial charge in [-0.3, -0.25) is 9.78 Å². The summed E-state index contributed by atoms with van der Waals surface area (Å²) in [6.07, 6.45) is 1.93. The minimum atomic E-state index is -0.496. The standard InChI is InChI=1S/C20H24N2O3/c1-12(2)9-14(23)11-25-15-5-6-16-17-7-8-21-13(3)19(17)20(24)22(4)18(16)10-15/h5-8,10,12,14,23H,9,11H2,1-4H3. The molecule has 1 N–H and O–H groups in total. The molecule has 0 aliphatic carbocycles. The first-order valence-corrected chi connectivity index (χ1v) is 8.57. The highest BCUT2D eigenvalue weighted by atomic mass is 16.5. The number of fused-ring (bicyclic) bond motifs is 3. The van der Waals surface area contributed by atoms with Crippen LogP contribution in [-0.2, 0) is 7.05 Å². The van der Waals surface area contributed by atoms with Crippen LogP contribution in [0.15, 0.2) is 35.3 Å². The number of pyridine rings is 2. The van der Waals surface area contributed by atoms with Crippen LogP contribution in [0.4, 0.5) is 0 Å². The maximum Gasteiger partial charge on any atom is 0.260 e. The predicted molar refractivity (Wildman–Crippen MR) is 100 cm³/mol. The Morgan fingerprint density at radius 2 is 2.00 bits per heavy atom. The number of benzene rings is 1. The van der Waals surface area contributed by atoms with Crippen LogP contribution in [0.5, 0.6) is 5.75 Å². The Balaban J connectivity index is 2.02. The van der Waals surface area contributed by atoms with Gasteiger partial charge in [-0.15, -0.1) is 0 Å². The van der Waals surface area contributed by atoms with Gasteiger partial charge in [0.05, 0.1) is 22.7 Å². The molecule has 25 heavy (non-hydrogen) atoms. The van der Waals surface area contributed by atoms with Gasteiger partial charge >= 0.3 is 0 Å². The zero-order valence-corrected chi connectivity index (χ0v) is 15.1. The van der Waals surface area contributed by atoms with E-state index in [0.29, 0.717) is 23.5 Å². The highest BCUT2D eigenvalue weighted by Gasteiger charge is 2.13. The lowest BCUT2D eigenvalue weighted by Gasteiger charge is -2.15. The van der Waals surface area contributed by atoms with Crippen LogP contribution >= 0.6 is 0 Å². The SMILES string of the molecule is Cc1nccc2c1c(=O)n(C)c1cc(OCC(O)CC(C)C)ccc21. The van der Waals surface area contributed by atoms with Crippen molar-refractivity contribution in [3.63, 3.8) is 0 Å². The fourth-order valence-corrected chi connectivity index (χ4v) is 3.25. The van der Waals surface area contributed by atoms with Gasteiger partial charge in [0.1, 0.15) is 12.4 Å². The van der Waals surface area contributed by atoms with E-state index in [-0.39, 0.29) is 12.2 Å². The molecule has 0 fully saturated rings. The molecule has 2 heterocycles. The first-order valence-electron chi connectivity index (χ1n) is 8.57. The fraction of sp³-hybridized carbons (Fsp3) is 0.400. The summed E-state index contributed by atoms with van der Waals surface area (Å²) in [5.41, 5.74) is 1.47. The van der Waals surface area contributed by atoms with Gasteiger partial charge in [0, 0.05) is 24.7 Å². The van der Waals surface area contributed by atoms with Crippen molar-refractivity contribution in [1.82, 2.24) is 9.55 Å². The van der Waals surface area contributed by atoms with Crippen molar-refractivity contribution in [2.24, 2.45) is 13.0 Å². The van der Waals surface area contributed by atoms with E-state index in [1.807, 2.05) is 31.2 Å². The zero-order chi connectivity index (χ0) is 18.1. The smallest absolute Gasteiger partial charge is 0.260 e. The Morgan fingerprint density at radius 1 is 1.24 bits per heavy atom. The van der Waals surface area contributed by atoms with E-state index in [1.165, 1.54) is 0 Å². The molecule has 132 valence electrons. The second-order valence-corrected chi connectivity index (χ2v) is 6.96. The van der Waals surface area contributed by atoms with E-state index in [9.17, 15) is 9.90 Å². The number of rotatable bonds is 5. The summed E-state index contributed by atoms with van der Waals surface area (Å²) >= 11 is 0. The van der Waals surface area contributed by atoms with E-state index in [0.717, 1.165) is 22.0 Å². The second kappa shape index (κ2) is 6.84. The number of hydrogen-bond acceptors (Lipinski definition) is 4. The number of aliphatic hydroxyl groups is 1. The van der Waals surface area contributed by atoms with Crippen LogP contribution in [0, 0.1) is 12.8 Å². The van der Waals surface area contributed by atoms with Gasteiger partial charge in [0.15, 0.2) is 0 Å². The van der Waals surface area contributed by atoms with Crippen molar-refractivity contribution in [3.05, 3.63) is 46.5 Å². The predicted octanol–water partition coefficient (Wildman–Crippen LogP) is 3.18. The van der Waals surface area contributed by atoms with Crippen LogP contribution in [0.25, 0.3) is 21.7 Å². The molecule has 3 aromatic rings. The van der Waals surface area contributed by atoms with Crippen LogP contribution in [0.3, 0.4) is 0 Å². The first kappa shape index (κ1) is 17.4. The number of ether oxygens (including phenoxy) is 1. The largest absolute Gasteiger partial charge is 0.491 e. The number of aryl methyl sites for hydroxylation is 2. The molecule has 1 atom stereocenters. The second-order valence-electron chi connectivity index (χ2n) is 6.96. The lowest BCUT2D eigenvalue weighted by molar-refractivity contribution is 0.0893. The van der Waals surface area contributed by atoms with Crippen LogP contribution in [0.2, 0.25) is 0 Å². The number of aromatic nitrogens is 2. The summed E-state index contributed by atoms with van der Waals surface area (Å²) < 4.78 is 7.36. The van der Waals surface area contributed by atoms with Crippen molar-refractivity contribution < 1.29 is 9.84 Å². The van der Waals surface area contributed by atoms with Gasteiger partial charge in [0.2, 0.25) is 0 Å². The Morgan fingerprint density at radius 3 is 2.72 bits per heavy atom. The van der Waals surface area contributed by atoms with Gasteiger partial charge < -0.3 is 14.4 Å². The Hall–Kier alpha value is -2.40. The number of hydrogen-bond donors (Lipinski definition) is 1. The monoisotopic (exact) mass is 340 g/mol. The third kappa shape index (κ3) is 3.37. The minimum Gasteiger partial charge on any atom is -0.491 e. The lowest BCUT2D eigenvalue weighted by Crippen LogP contribution is -2.20. The van der Waals surface area contributed by atoms with E-state index < -0.39 is 6.10 Å². The normalized spacial score (nSPS) is 12.9.